The Kier molecular flexibility index (Phi) is 5.73. The number of rotatable bonds is 7. The van der Waals surface area contributed by atoms with Crippen molar-refractivity contribution in [2.24, 2.45) is 5.41 Å². The van der Waals surface area contributed by atoms with Crippen LogP contribution in [0, 0.1) is 12.3 Å². The first-order chi connectivity index (χ1) is 9.39. The highest BCUT2D eigenvalue weighted by atomic mass is 16.5. The van der Waals surface area contributed by atoms with Crippen molar-refractivity contribution in [1.82, 2.24) is 15.3 Å². The van der Waals surface area contributed by atoms with Gasteiger partial charge in [0.25, 0.3) is 0 Å². The fourth-order valence-electron chi connectivity index (χ4n) is 1.62. The van der Waals surface area contributed by atoms with Crippen LogP contribution in [0.15, 0.2) is 6.07 Å². The third kappa shape index (κ3) is 4.68. The van der Waals surface area contributed by atoms with Crippen molar-refractivity contribution in [2.45, 2.75) is 34.1 Å². The molecule has 1 rings (SSSR count). The number of nitrogens with one attached hydrogen (secondary N) is 2. The average molecular weight is 280 g/mol. The molecular formula is C14H24N4O2. The molecule has 0 radical (unpaired) electrons. The molecule has 1 aromatic rings. The number of nitrogens with zero attached hydrogens (tertiary/aromatic N) is 2. The molecule has 0 atom stereocenters. The molecule has 6 nitrogen and oxygen atoms in total. The monoisotopic (exact) mass is 280 g/mol. The van der Waals surface area contributed by atoms with Crippen LogP contribution in [0.5, 0.6) is 5.88 Å². The summed E-state index contributed by atoms with van der Waals surface area (Å²) in [7, 11) is 1.63. The van der Waals surface area contributed by atoms with Gasteiger partial charge in [0.15, 0.2) is 0 Å². The summed E-state index contributed by atoms with van der Waals surface area (Å²) in [5.41, 5.74) is 0.290. The Morgan fingerprint density at radius 3 is 2.70 bits per heavy atom. The lowest BCUT2D eigenvalue weighted by molar-refractivity contribution is -0.128. The molecule has 0 aliphatic rings. The zero-order valence-electron chi connectivity index (χ0n) is 12.9. The highest BCUT2D eigenvalue weighted by molar-refractivity contribution is 5.82. The van der Waals surface area contributed by atoms with Gasteiger partial charge in [-0.05, 0) is 27.2 Å². The average Bonchev–Trinajstić information content (AvgIpc) is 2.41. The number of aryl methyl sites for hydroxylation is 1. The summed E-state index contributed by atoms with van der Waals surface area (Å²) in [4.78, 5) is 20.3. The summed E-state index contributed by atoms with van der Waals surface area (Å²) in [6.45, 7) is 8.73. The number of amides is 1. The molecule has 2 N–H and O–H groups in total. The van der Waals surface area contributed by atoms with Gasteiger partial charge in [0.05, 0.1) is 12.0 Å². The van der Waals surface area contributed by atoms with E-state index in [1.165, 1.54) is 0 Å². The van der Waals surface area contributed by atoms with E-state index in [0.717, 1.165) is 12.1 Å². The minimum atomic E-state index is -0.535. The van der Waals surface area contributed by atoms with Crippen molar-refractivity contribution in [2.75, 3.05) is 25.5 Å². The molecule has 1 heterocycles. The second kappa shape index (κ2) is 7.07. The van der Waals surface area contributed by atoms with Crippen LogP contribution in [-0.4, -0.2) is 36.1 Å². The first kappa shape index (κ1) is 16.2. The number of ether oxygens (including phenoxy) is 1. The van der Waals surface area contributed by atoms with E-state index in [9.17, 15) is 4.79 Å². The predicted molar refractivity (Wildman–Crippen MR) is 78.9 cm³/mol. The molecule has 1 aromatic heterocycles. The van der Waals surface area contributed by atoms with Crippen molar-refractivity contribution < 1.29 is 9.53 Å². The molecule has 20 heavy (non-hydrogen) atoms. The Labute approximate surface area is 120 Å². The van der Waals surface area contributed by atoms with Gasteiger partial charge in [-0.25, -0.2) is 4.98 Å². The van der Waals surface area contributed by atoms with Gasteiger partial charge in [0, 0.05) is 25.4 Å². The number of hydrogen-bond donors (Lipinski definition) is 2. The Morgan fingerprint density at radius 1 is 1.40 bits per heavy atom. The Hall–Kier alpha value is -1.85. The van der Waals surface area contributed by atoms with E-state index in [2.05, 4.69) is 20.6 Å². The van der Waals surface area contributed by atoms with Crippen molar-refractivity contribution in [3.63, 3.8) is 0 Å². The normalized spacial score (nSPS) is 11.1. The molecule has 0 unspecified atom stereocenters. The number of anilines is 1. The van der Waals surface area contributed by atoms with Crippen LogP contribution in [0.4, 0.5) is 5.95 Å². The molecule has 0 bridgehead atoms. The van der Waals surface area contributed by atoms with Gasteiger partial charge in [0.2, 0.25) is 17.7 Å². The molecule has 0 aliphatic carbocycles. The Bertz CT molecular complexity index is 460. The lowest BCUT2D eigenvalue weighted by Gasteiger charge is -2.22. The number of carbonyl (C=O) groups excluding carboxylic acids is 1. The second-order valence-electron chi connectivity index (χ2n) is 5.34. The standard InChI is InChI=1S/C14H24N4O2/c1-6-7-20-11-8-10(2)17-13(18-11)16-9-14(3,4)12(19)15-5/h8H,6-7,9H2,1-5H3,(H,15,19)(H,16,17,18). The lowest BCUT2D eigenvalue weighted by Crippen LogP contribution is -2.39. The topological polar surface area (TPSA) is 76.1 Å². The van der Waals surface area contributed by atoms with Crippen molar-refractivity contribution in [1.29, 1.82) is 0 Å². The third-order valence-electron chi connectivity index (χ3n) is 2.81. The van der Waals surface area contributed by atoms with Crippen molar-refractivity contribution in [3.8, 4) is 5.88 Å². The van der Waals surface area contributed by atoms with Crippen molar-refractivity contribution >= 4 is 11.9 Å². The van der Waals surface area contributed by atoms with E-state index in [1.807, 2.05) is 27.7 Å². The van der Waals surface area contributed by atoms with Crippen molar-refractivity contribution in [3.05, 3.63) is 11.8 Å². The van der Waals surface area contributed by atoms with E-state index in [0.29, 0.717) is 25.0 Å². The van der Waals surface area contributed by atoms with Crippen LogP contribution < -0.4 is 15.4 Å². The van der Waals surface area contributed by atoms with Gasteiger partial charge in [-0.15, -0.1) is 0 Å². The molecule has 0 saturated carbocycles. The molecule has 112 valence electrons. The minimum absolute atomic E-state index is 0.0277. The number of carbonyl (C=O) groups is 1. The number of aromatic nitrogens is 2. The van der Waals surface area contributed by atoms with E-state index in [4.69, 9.17) is 4.74 Å². The molecule has 0 spiro atoms. The second-order valence-corrected chi connectivity index (χ2v) is 5.34. The summed E-state index contributed by atoms with van der Waals surface area (Å²) in [5, 5.41) is 5.74. The molecule has 0 saturated heterocycles. The van der Waals surface area contributed by atoms with E-state index < -0.39 is 5.41 Å². The maximum Gasteiger partial charge on any atom is 0.227 e. The maximum atomic E-state index is 11.7. The highest BCUT2D eigenvalue weighted by Crippen LogP contribution is 2.17. The molecule has 0 aromatic carbocycles. The van der Waals surface area contributed by atoms with Crippen LogP contribution in [0.2, 0.25) is 0 Å². The molecule has 6 heteroatoms. The van der Waals surface area contributed by atoms with Crippen LogP contribution >= 0.6 is 0 Å². The fraction of sp³-hybridized carbons (Fsp3) is 0.643. The van der Waals surface area contributed by atoms with Gasteiger partial charge < -0.3 is 15.4 Å². The molecule has 1 amide bonds. The maximum absolute atomic E-state index is 11.7. The summed E-state index contributed by atoms with van der Waals surface area (Å²) in [5.74, 6) is 1.01. The Morgan fingerprint density at radius 2 is 2.10 bits per heavy atom. The predicted octanol–water partition coefficient (Wildman–Crippen LogP) is 1.76. The first-order valence-electron chi connectivity index (χ1n) is 6.83. The molecule has 0 aliphatic heterocycles. The largest absolute Gasteiger partial charge is 0.478 e. The minimum Gasteiger partial charge on any atom is -0.478 e. The highest BCUT2D eigenvalue weighted by Gasteiger charge is 2.26. The molecule has 0 fully saturated rings. The molecular weight excluding hydrogens is 256 g/mol. The summed E-state index contributed by atoms with van der Waals surface area (Å²) in [6.07, 6.45) is 0.926. The van der Waals surface area contributed by atoms with Gasteiger partial charge in [-0.2, -0.15) is 4.98 Å². The quantitative estimate of drug-likeness (QED) is 0.796. The Balaban J connectivity index is 2.72. The van der Waals surface area contributed by atoms with Crippen LogP contribution in [-0.2, 0) is 4.79 Å². The zero-order valence-corrected chi connectivity index (χ0v) is 12.9. The van der Waals surface area contributed by atoms with E-state index in [-0.39, 0.29) is 5.91 Å². The first-order valence-corrected chi connectivity index (χ1v) is 6.83. The SMILES string of the molecule is CCCOc1cc(C)nc(NCC(C)(C)C(=O)NC)n1. The summed E-state index contributed by atoms with van der Waals surface area (Å²) in [6, 6.07) is 1.80. The van der Waals surface area contributed by atoms with Crippen LogP contribution in [0.1, 0.15) is 32.9 Å². The van der Waals surface area contributed by atoms with Gasteiger partial charge in [-0.3, -0.25) is 4.79 Å². The third-order valence-corrected chi connectivity index (χ3v) is 2.81. The van der Waals surface area contributed by atoms with Gasteiger partial charge >= 0.3 is 0 Å². The smallest absolute Gasteiger partial charge is 0.227 e. The summed E-state index contributed by atoms with van der Waals surface area (Å²) < 4.78 is 5.51. The fourth-order valence-corrected chi connectivity index (χ4v) is 1.62. The van der Waals surface area contributed by atoms with Gasteiger partial charge in [-0.1, -0.05) is 6.92 Å². The number of hydrogen-bond acceptors (Lipinski definition) is 5. The van der Waals surface area contributed by atoms with Crippen LogP contribution in [0.3, 0.4) is 0 Å². The van der Waals surface area contributed by atoms with E-state index >= 15 is 0 Å². The zero-order chi connectivity index (χ0) is 15.2. The van der Waals surface area contributed by atoms with Gasteiger partial charge in [0.1, 0.15) is 0 Å². The summed E-state index contributed by atoms with van der Waals surface area (Å²) >= 11 is 0. The van der Waals surface area contributed by atoms with Crippen LogP contribution in [0.25, 0.3) is 0 Å². The van der Waals surface area contributed by atoms with E-state index in [1.54, 1.807) is 13.1 Å². The lowest BCUT2D eigenvalue weighted by atomic mass is 9.92.